The zero-order valence-corrected chi connectivity index (χ0v) is 10.0. The van der Waals surface area contributed by atoms with Gasteiger partial charge in [0.05, 0.1) is 5.39 Å². The van der Waals surface area contributed by atoms with Gasteiger partial charge in [-0.15, -0.1) is 11.3 Å². The lowest BCUT2D eigenvalue weighted by Crippen LogP contribution is -2.01. The van der Waals surface area contributed by atoms with Gasteiger partial charge in [-0.1, -0.05) is 18.2 Å². The molecule has 2 aromatic carbocycles. The first-order valence-electron chi connectivity index (χ1n) is 5.32. The summed E-state index contributed by atoms with van der Waals surface area (Å²) in [5, 5.41) is 11.0. The molecule has 0 unspecified atom stereocenters. The summed E-state index contributed by atoms with van der Waals surface area (Å²) in [5.74, 6) is 0.0672. The molecule has 84 valence electrons. The van der Waals surface area contributed by atoms with Gasteiger partial charge in [0.1, 0.15) is 5.75 Å². The smallest absolute Gasteiger partial charge is 0.199 e. The van der Waals surface area contributed by atoms with Crippen molar-refractivity contribution in [2.45, 2.75) is 6.92 Å². The predicted molar refractivity (Wildman–Crippen MR) is 72.0 cm³/mol. The van der Waals surface area contributed by atoms with Crippen LogP contribution in [-0.2, 0) is 0 Å². The van der Waals surface area contributed by atoms with Crippen LogP contribution in [0.25, 0.3) is 20.2 Å². The SMILES string of the molecule is Cc1ccc(O)c2c(=O)c3ccccc3sc12. The molecule has 0 aliphatic rings. The number of hydrogen-bond acceptors (Lipinski definition) is 3. The van der Waals surface area contributed by atoms with Crippen molar-refractivity contribution < 1.29 is 5.11 Å². The van der Waals surface area contributed by atoms with Crippen LogP contribution < -0.4 is 5.43 Å². The molecule has 3 aromatic rings. The van der Waals surface area contributed by atoms with Crippen LogP contribution in [0.4, 0.5) is 0 Å². The third kappa shape index (κ3) is 1.43. The van der Waals surface area contributed by atoms with Gasteiger partial charge in [-0.2, -0.15) is 0 Å². The summed E-state index contributed by atoms with van der Waals surface area (Å²) in [6.45, 7) is 1.95. The van der Waals surface area contributed by atoms with Gasteiger partial charge >= 0.3 is 0 Å². The lowest BCUT2D eigenvalue weighted by Gasteiger charge is -2.05. The minimum Gasteiger partial charge on any atom is -0.507 e. The zero-order valence-electron chi connectivity index (χ0n) is 9.23. The number of phenols is 1. The van der Waals surface area contributed by atoms with E-state index in [4.69, 9.17) is 0 Å². The molecule has 17 heavy (non-hydrogen) atoms. The van der Waals surface area contributed by atoms with Crippen LogP contribution in [0.2, 0.25) is 0 Å². The molecule has 3 heteroatoms. The first kappa shape index (κ1) is 10.3. The topological polar surface area (TPSA) is 37.3 Å². The average molecular weight is 242 g/mol. The highest BCUT2D eigenvalue weighted by molar-refractivity contribution is 7.24. The second-order valence-electron chi connectivity index (χ2n) is 4.03. The molecular weight excluding hydrogens is 232 g/mol. The summed E-state index contributed by atoms with van der Waals surface area (Å²) in [4.78, 5) is 12.3. The Morgan fingerprint density at radius 1 is 1.12 bits per heavy atom. The molecule has 0 radical (unpaired) electrons. The van der Waals surface area contributed by atoms with Crippen LogP contribution in [0.15, 0.2) is 41.2 Å². The summed E-state index contributed by atoms with van der Waals surface area (Å²) < 4.78 is 1.83. The van der Waals surface area contributed by atoms with E-state index in [-0.39, 0.29) is 11.2 Å². The number of rotatable bonds is 0. The Bertz CT molecular complexity index is 787. The fourth-order valence-corrected chi connectivity index (χ4v) is 3.18. The Balaban J connectivity index is 2.69. The number of fused-ring (bicyclic) bond motifs is 2. The average Bonchev–Trinajstić information content (AvgIpc) is 2.34. The van der Waals surface area contributed by atoms with Gasteiger partial charge in [0, 0.05) is 14.8 Å². The standard InChI is InChI=1S/C14H10O2S/c1-8-6-7-10(15)12-13(16)9-4-2-3-5-11(9)17-14(8)12/h2-7,15H,1H3. The van der Waals surface area contributed by atoms with Gasteiger partial charge in [-0.05, 0) is 30.7 Å². The molecule has 0 aliphatic heterocycles. The quantitative estimate of drug-likeness (QED) is 0.613. The van der Waals surface area contributed by atoms with Crippen LogP contribution >= 0.6 is 11.3 Å². The van der Waals surface area contributed by atoms with Crippen molar-refractivity contribution >= 4 is 31.5 Å². The van der Waals surface area contributed by atoms with Crippen molar-refractivity contribution in [2.75, 3.05) is 0 Å². The summed E-state index contributed by atoms with van der Waals surface area (Å²) in [6, 6.07) is 10.9. The lowest BCUT2D eigenvalue weighted by atomic mass is 10.1. The van der Waals surface area contributed by atoms with Crippen molar-refractivity contribution in [2.24, 2.45) is 0 Å². The third-order valence-corrected chi connectivity index (χ3v) is 4.21. The number of phenolic OH excluding ortho intramolecular Hbond substituents is 1. The Labute approximate surface area is 102 Å². The number of hydrogen-bond donors (Lipinski definition) is 1. The van der Waals surface area contributed by atoms with E-state index in [0.29, 0.717) is 10.8 Å². The van der Waals surface area contributed by atoms with Crippen LogP contribution in [0.1, 0.15) is 5.56 Å². The number of aromatic hydroxyl groups is 1. The molecule has 1 N–H and O–H groups in total. The van der Waals surface area contributed by atoms with Gasteiger partial charge in [-0.25, -0.2) is 0 Å². The Kier molecular flexibility index (Phi) is 2.16. The zero-order chi connectivity index (χ0) is 12.0. The normalized spacial score (nSPS) is 11.1. The van der Waals surface area contributed by atoms with E-state index in [1.54, 1.807) is 23.5 Å². The van der Waals surface area contributed by atoms with Gasteiger partial charge in [0.2, 0.25) is 0 Å². The first-order valence-corrected chi connectivity index (χ1v) is 6.14. The fourth-order valence-electron chi connectivity index (χ4n) is 2.02. The van der Waals surface area contributed by atoms with E-state index in [0.717, 1.165) is 15.0 Å². The molecule has 0 spiro atoms. The Morgan fingerprint density at radius 3 is 2.71 bits per heavy atom. The molecule has 0 bridgehead atoms. The first-order chi connectivity index (χ1) is 8.18. The van der Waals surface area contributed by atoms with Gasteiger partial charge in [0.15, 0.2) is 5.43 Å². The highest BCUT2D eigenvalue weighted by Crippen LogP contribution is 2.31. The molecule has 0 amide bonds. The largest absolute Gasteiger partial charge is 0.507 e. The van der Waals surface area contributed by atoms with Crippen molar-refractivity contribution in [3.8, 4) is 5.75 Å². The predicted octanol–water partition coefficient (Wildman–Crippen LogP) is 3.43. The van der Waals surface area contributed by atoms with Gasteiger partial charge < -0.3 is 5.11 Å². The summed E-state index contributed by atoms with van der Waals surface area (Å²) in [5.41, 5.74) is 0.932. The van der Waals surface area contributed by atoms with Crippen LogP contribution in [-0.4, -0.2) is 5.11 Å². The van der Waals surface area contributed by atoms with Crippen molar-refractivity contribution in [3.63, 3.8) is 0 Å². The van der Waals surface area contributed by atoms with E-state index in [1.165, 1.54) is 0 Å². The van der Waals surface area contributed by atoms with E-state index in [9.17, 15) is 9.90 Å². The monoisotopic (exact) mass is 242 g/mol. The van der Waals surface area contributed by atoms with Gasteiger partial charge in [0.25, 0.3) is 0 Å². The second-order valence-corrected chi connectivity index (χ2v) is 5.09. The second kappa shape index (κ2) is 3.57. The van der Waals surface area contributed by atoms with E-state index in [2.05, 4.69) is 0 Å². The number of aryl methyl sites for hydroxylation is 1. The molecule has 0 saturated heterocycles. The highest BCUT2D eigenvalue weighted by atomic mass is 32.1. The van der Waals surface area contributed by atoms with Crippen molar-refractivity contribution in [3.05, 3.63) is 52.2 Å². The fraction of sp³-hybridized carbons (Fsp3) is 0.0714. The van der Waals surface area contributed by atoms with Crippen molar-refractivity contribution in [1.82, 2.24) is 0 Å². The summed E-state index contributed by atoms with van der Waals surface area (Å²) in [6.07, 6.45) is 0. The molecule has 0 saturated carbocycles. The van der Waals surface area contributed by atoms with E-state index in [1.807, 2.05) is 31.2 Å². The molecule has 1 aromatic heterocycles. The molecule has 0 atom stereocenters. The molecule has 3 rings (SSSR count). The Morgan fingerprint density at radius 2 is 1.88 bits per heavy atom. The minimum atomic E-state index is -0.0875. The van der Waals surface area contributed by atoms with E-state index >= 15 is 0 Å². The maximum Gasteiger partial charge on any atom is 0.199 e. The lowest BCUT2D eigenvalue weighted by molar-refractivity contribution is 0.481. The van der Waals surface area contributed by atoms with Gasteiger partial charge in [-0.3, -0.25) is 4.79 Å². The molecular formula is C14H10O2S. The van der Waals surface area contributed by atoms with E-state index < -0.39 is 0 Å². The molecule has 0 fully saturated rings. The molecule has 1 heterocycles. The van der Waals surface area contributed by atoms with Crippen LogP contribution in [0.5, 0.6) is 5.75 Å². The van der Waals surface area contributed by atoms with Crippen molar-refractivity contribution in [1.29, 1.82) is 0 Å². The minimum absolute atomic E-state index is 0.0672. The highest BCUT2D eigenvalue weighted by Gasteiger charge is 2.10. The Hall–Kier alpha value is -1.87. The molecule has 2 nitrogen and oxygen atoms in total. The third-order valence-electron chi connectivity index (χ3n) is 2.90. The van der Waals surface area contributed by atoms with Crippen LogP contribution in [0.3, 0.4) is 0 Å². The number of benzene rings is 2. The van der Waals surface area contributed by atoms with Crippen LogP contribution in [0, 0.1) is 6.92 Å². The molecule has 0 aliphatic carbocycles. The summed E-state index contributed by atoms with van der Waals surface area (Å²) >= 11 is 1.55. The summed E-state index contributed by atoms with van der Waals surface area (Å²) in [7, 11) is 0. The maximum absolute atomic E-state index is 12.3. The maximum atomic E-state index is 12.3.